The van der Waals surface area contributed by atoms with E-state index in [1.165, 1.54) is 0 Å². The van der Waals surface area contributed by atoms with Gasteiger partial charge in [0.25, 0.3) is 0 Å². The molecule has 0 heterocycles. The Hall–Kier alpha value is -1.07. The molecule has 1 unspecified atom stereocenters. The fraction of sp³-hybridized carbons (Fsp3) is 0.562. The standard InChI is InChI=1S/C16H23BrN2O2/c1-11(21-14-7-5-13(17)6-8-14)10-19-16(20)9-12-3-2-4-15(12)18/h5-8,11-12,15H,2-4,9-10,18H2,1H3,(H,19,20)/t11?,12-,15+/m0/s1. The van der Waals surface area contributed by atoms with E-state index in [4.69, 9.17) is 10.5 Å². The van der Waals surface area contributed by atoms with Gasteiger partial charge in [0.1, 0.15) is 11.9 Å². The molecule has 1 fully saturated rings. The number of hydrogen-bond acceptors (Lipinski definition) is 3. The molecule has 0 saturated heterocycles. The van der Waals surface area contributed by atoms with Crippen LogP contribution in [-0.4, -0.2) is 24.6 Å². The first-order valence-corrected chi connectivity index (χ1v) is 8.28. The number of rotatable bonds is 6. The van der Waals surface area contributed by atoms with Crippen molar-refractivity contribution < 1.29 is 9.53 Å². The van der Waals surface area contributed by atoms with Gasteiger partial charge in [-0.3, -0.25) is 4.79 Å². The number of halogens is 1. The number of benzene rings is 1. The minimum absolute atomic E-state index is 0.0626. The topological polar surface area (TPSA) is 64.4 Å². The maximum absolute atomic E-state index is 11.9. The molecule has 1 saturated carbocycles. The fourth-order valence-corrected chi connectivity index (χ4v) is 2.94. The van der Waals surface area contributed by atoms with Gasteiger partial charge >= 0.3 is 0 Å². The van der Waals surface area contributed by atoms with Crippen LogP contribution in [0.15, 0.2) is 28.7 Å². The van der Waals surface area contributed by atoms with Crippen molar-refractivity contribution in [2.75, 3.05) is 6.54 Å². The van der Waals surface area contributed by atoms with Crippen molar-refractivity contribution in [3.05, 3.63) is 28.7 Å². The van der Waals surface area contributed by atoms with Crippen molar-refractivity contribution in [2.24, 2.45) is 11.7 Å². The summed E-state index contributed by atoms with van der Waals surface area (Å²) in [5, 5.41) is 2.93. The second kappa shape index (κ2) is 7.80. The molecule has 0 spiro atoms. The van der Waals surface area contributed by atoms with E-state index < -0.39 is 0 Å². The average molecular weight is 355 g/mol. The number of carbonyl (C=O) groups excluding carboxylic acids is 1. The predicted molar refractivity (Wildman–Crippen MR) is 87.2 cm³/mol. The van der Waals surface area contributed by atoms with Crippen LogP contribution in [0, 0.1) is 5.92 Å². The summed E-state index contributed by atoms with van der Waals surface area (Å²) in [5.41, 5.74) is 5.99. The molecule has 1 aromatic carbocycles. The van der Waals surface area contributed by atoms with Crippen molar-refractivity contribution in [3.63, 3.8) is 0 Å². The van der Waals surface area contributed by atoms with Crippen LogP contribution in [0.5, 0.6) is 5.75 Å². The third-order valence-electron chi connectivity index (χ3n) is 3.90. The molecular weight excluding hydrogens is 332 g/mol. The van der Waals surface area contributed by atoms with E-state index >= 15 is 0 Å². The summed E-state index contributed by atoms with van der Waals surface area (Å²) >= 11 is 3.39. The molecule has 1 amide bonds. The number of nitrogens with two attached hydrogens (primary N) is 1. The molecular formula is C16H23BrN2O2. The Kier molecular flexibility index (Phi) is 6.06. The Bertz CT molecular complexity index is 464. The number of hydrogen-bond donors (Lipinski definition) is 2. The lowest BCUT2D eigenvalue weighted by Crippen LogP contribution is -2.36. The van der Waals surface area contributed by atoms with Crippen LogP contribution >= 0.6 is 15.9 Å². The molecule has 3 N–H and O–H groups in total. The molecule has 5 heteroatoms. The largest absolute Gasteiger partial charge is 0.489 e. The number of nitrogens with one attached hydrogen (secondary N) is 1. The highest BCUT2D eigenvalue weighted by Gasteiger charge is 2.26. The zero-order valence-electron chi connectivity index (χ0n) is 12.3. The molecule has 0 aliphatic heterocycles. The van der Waals surface area contributed by atoms with E-state index in [1.807, 2.05) is 31.2 Å². The lowest BCUT2D eigenvalue weighted by atomic mass is 10.00. The summed E-state index contributed by atoms with van der Waals surface area (Å²) in [7, 11) is 0. The lowest BCUT2D eigenvalue weighted by Gasteiger charge is -2.18. The Labute approximate surface area is 134 Å². The molecule has 0 radical (unpaired) electrons. The van der Waals surface area contributed by atoms with E-state index in [0.717, 1.165) is 29.5 Å². The summed E-state index contributed by atoms with van der Waals surface area (Å²) in [5.74, 6) is 1.22. The van der Waals surface area contributed by atoms with Crippen molar-refractivity contribution in [1.82, 2.24) is 5.32 Å². The maximum Gasteiger partial charge on any atom is 0.220 e. The first kappa shape index (κ1) is 16.3. The Morgan fingerprint density at radius 3 is 2.76 bits per heavy atom. The molecule has 4 nitrogen and oxygen atoms in total. The van der Waals surface area contributed by atoms with E-state index in [2.05, 4.69) is 21.2 Å². The smallest absolute Gasteiger partial charge is 0.220 e. The van der Waals surface area contributed by atoms with E-state index in [1.54, 1.807) is 0 Å². The van der Waals surface area contributed by atoms with Gasteiger partial charge in [-0.15, -0.1) is 0 Å². The van der Waals surface area contributed by atoms with Gasteiger partial charge in [-0.25, -0.2) is 0 Å². The van der Waals surface area contributed by atoms with Crippen LogP contribution < -0.4 is 15.8 Å². The molecule has 1 aliphatic rings. The van der Waals surface area contributed by atoms with E-state index in [0.29, 0.717) is 18.9 Å². The highest BCUT2D eigenvalue weighted by atomic mass is 79.9. The predicted octanol–water partition coefficient (Wildman–Crippen LogP) is 2.85. The zero-order chi connectivity index (χ0) is 15.2. The normalized spacial score (nSPS) is 22.8. The second-order valence-corrected chi connectivity index (χ2v) is 6.66. The first-order chi connectivity index (χ1) is 10.0. The van der Waals surface area contributed by atoms with Crippen LogP contribution in [0.2, 0.25) is 0 Å². The van der Waals surface area contributed by atoms with Gasteiger partial charge in [-0.2, -0.15) is 0 Å². The van der Waals surface area contributed by atoms with Crippen molar-refractivity contribution >= 4 is 21.8 Å². The van der Waals surface area contributed by atoms with E-state index in [-0.39, 0.29) is 18.1 Å². The number of ether oxygens (including phenoxy) is 1. The van der Waals surface area contributed by atoms with Crippen LogP contribution in [-0.2, 0) is 4.79 Å². The minimum Gasteiger partial charge on any atom is -0.489 e. The lowest BCUT2D eigenvalue weighted by molar-refractivity contribution is -0.122. The summed E-state index contributed by atoms with van der Waals surface area (Å²) in [6, 6.07) is 7.86. The Balaban J connectivity index is 1.69. The minimum atomic E-state index is -0.0626. The molecule has 1 aliphatic carbocycles. The van der Waals surface area contributed by atoms with Gasteiger partial charge in [0, 0.05) is 16.9 Å². The molecule has 0 aromatic heterocycles. The van der Waals surface area contributed by atoms with Gasteiger partial charge in [0.15, 0.2) is 0 Å². The van der Waals surface area contributed by atoms with Gasteiger partial charge in [0.2, 0.25) is 5.91 Å². The van der Waals surface area contributed by atoms with E-state index in [9.17, 15) is 4.79 Å². The summed E-state index contributed by atoms with van der Waals surface area (Å²) in [6.45, 7) is 2.46. The van der Waals surface area contributed by atoms with Gasteiger partial charge in [0.05, 0.1) is 6.54 Å². The summed E-state index contributed by atoms with van der Waals surface area (Å²) in [6.07, 6.45) is 3.72. The van der Waals surface area contributed by atoms with Gasteiger partial charge < -0.3 is 15.8 Å². The van der Waals surface area contributed by atoms with Gasteiger partial charge in [-0.05, 0) is 49.9 Å². The number of carbonyl (C=O) groups is 1. The van der Waals surface area contributed by atoms with Gasteiger partial charge in [-0.1, -0.05) is 22.4 Å². The maximum atomic E-state index is 11.9. The van der Waals surface area contributed by atoms with Crippen molar-refractivity contribution in [1.29, 1.82) is 0 Å². The molecule has 116 valence electrons. The average Bonchev–Trinajstić information content (AvgIpc) is 2.85. The number of amides is 1. The van der Waals surface area contributed by atoms with Crippen LogP contribution in [0.25, 0.3) is 0 Å². The van der Waals surface area contributed by atoms with Crippen LogP contribution in [0.1, 0.15) is 32.6 Å². The Morgan fingerprint density at radius 1 is 1.43 bits per heavy atom. The monoisotopic (exact) mass is 354 g/mol. The molecule has 21 heavy (non-hydrogen) atoms. The molecule has 3 atom stereocenters. The molecule has 1 aromatic rings. The first-order valence-electron chi connectivity index (χ1n) is 7.49. The van der Waals surface area contributed by atoms with Crippen molar-refractivity contribution in [2.45, 2.75) is 44.8 Å². The fourth-order valence-electron chi connectivity index (χ4n) is 2.67. The quantitative estimate of drug-likeness (QED) is 0.825. The third-order valence-corrected chi connectivity index (χ3v) is 4.43. The summed E-state index contributed by atoms with van der Waals surface area (Å²) < 4.78 is 6.77. The summed E-state index contributed by atoms with van der Waals surface area (Å²) in [4.78, 5) is 11.9. The third kappa shape index (κ3) is 5.32. The highest BCUT2D eigenvalue weighted by Crippen LogP contribution is 2.26. The zero-order valence-corrected chi connectivity index (χ0v) is 13.9. The van der Waals surface area contributed by atoms with Crippen LogP contribution in [0.4, 0.5) is 0 Å². The SMILES string of the molecule is CC(CNC(=O)C[C@@H]1CCC[C@H]1N)Oc1ccc(Br)cc1. The Morgan fingerprint density at radius 2 is 2.14 bits per heavy atom. The van der Waals surface area contributed by atoms with Crippen LogP contribution in [0.3, 0.4) is 0 Å². The highest BCUT2D eigenvalue weighted by molar-refractivity contribution is 9.10. The molecule has 2 rings (SSSR count). The van der Waals surface area contributed by atoms with Crippen molar-refractivity contribution in [3.8, 4) is 5.75 Å². The molecule has 0 bridgehead atoms. The second-order valence-electron chi connectivity index (χ2n) is 5.75.